The largest absolute Gasteiger partial charge is 0.442 e. The van der Waals surface area contributed by atoms with Crippen molar-refractivity contribution in [3.05, 3.63) is 58.0 Å². The van der Waals surface area contributed by atoms with E-state index in [4.69, 9.17) is 16.3 Å². The summed E-state index contributed by atoms with van der Waals surface area (Å²) in [5.41, 5.74) is 4.07. The highest BCUT2D eigenvalue weighted by Crippen LogP contribution is 2.32. The number of halogens is 1. The molecule has 0 aliphatic heterocycles. The Morgan fingerprint density at radius 2 is 1.93 bits per heavy atom. The number of rotatable bonds is 2. The van der Waals surface area contributed by atoms with E-state index in [1.807, 2.05) is 58.9 Å². The van der Waals surface area contributed by atoms with Crippen LogP contribution in [0.5, 0.6) is 0 Å². The second-order valence-corrected chi connectivity index (χ2v) is 8.27. The van der Waals surface area contributed by atoms with Crippen LogP contribution in [0.3, 0.4) is 0 Å². The first-order valence-corrected chi connectivity index (χ1v) is 9.29. The lowest BCUT2D eigenvalue weighted by Crippen LogP contribution is -2.27. The van der Waals surface area contributed by atoms with Crippen LogP contribution in [-0.4, -0.2) is 26.5 Å². The summed E-state index contributed by atoms with van der Waals surface area (Å²) in [6.45, 7) is 11.6. The molecule has 2 aromatic heterocycles. The molecule has 0 aliphatic rings. The Morgan fingerprint density at radius 3 is 2.56 bits per heavy atom. The van der Waals surface area contributed by atoms with E-state index < -0.39 is 11.7 Å². The van der Waals surface area contributed by atoms with Gasteiger partial charge in [-0.15, -0.1) is 0 Å². The van der Waals surface area contributed by atoms with Crippen molar-refractivity contribution >= 4 is 28.6 Å². The number of aryl methyl sites for hydroxylation is 2. The lowest BCUT2D eigenvalue weighted by Gasteiger charge is -2.19. The fourth-order valence-corrected chi connectivity index (χ4v) is 3.36. The van der Waals surface area contributed by atoms with Crippen LogP contribution in [0.4, 0.5) is 4.79 Å². The van der Waals surface area contributed by atoms with E-state index in [9.17, 15) is 4.79 Å². The number of benzene rings is 1. The first kappa shape index (κ1) is 19.4. The molecule has 0 amide bonds. The summed E-state index contributed by atoms with van der Waals surface area (Å²) in [4.78, 5) is 16.9. The highest BCUT2D eigenvalue weighted by molar-refractivity contribution is 6.29. The average molecular weight is 386 g/mol. The number of aromatic nitrogens is 3. The Bertz CT molecular complexity index is 1020. The van der Waals surface area contributed by atoms with Crippen molar-refractivity contribution in [3.63, 3.8) is 0 Å². The van der Waals surface area contributed by atoms with Gasteiger partial charge in [0.1, 0.15) is 10.8 Å². The highest BCUT2D eigenvalue weighted by Gasteiger charge is 2.25. The summed E-state index contributed by atoms with van der Waals surface area (Å²) in [5.74, 6) is -0.0522. The molecule has 0 saturated heterocycles. The first-order chi connectivity index (χ1) is 12.6. The number of carbonyl (C=O) groups is 1. The first-order valence-electron chi connectivity index (χ1n) is 8.91. The maximum Gasteiger partial charge on any atom is 0.435 e. The molecule has 142 valence electrons. The highest BCUT2D eigenvalue weighted by atomic mass is 35.5. The van der Waals surface area contributed by atoms with Crippen LogP contribution in [0, 0.1) is 13.8 Å². The maximum atomic E-state index is 12.7. The third kappa shape index (κ3) is 3.98. The summed E-state index contributed by atoms with van der Waals surface area (Å²) < 4.78 is 6.90. The zero-order valence-electron chi connectivity index (χ0n) is 16.5. The molecule has 6 heteroatoms. The summed E-state index contributed by atoms with van der Waals surface area (Å²) in [6.07, 6.45) is 1.29. The quantitative estimate of drug-likeness (QED) is 0.536. The Hall–Kier alpha value is -2.40. The Morgan fingerprint density at radius 1 is 1.22 bits per heavy atom. The number of hydrogen-bond acceptors (Lipinski definition) is 4. The Labute approximate surface area is 164 Å². The lowest BCUT2D eigenvalue weighted by atomic mass is 9.93. The molecule has 1 unspecified atom stereocenters. The van der Waals surface area contributed by atoms with Crippen LogP contribution in [0.15, 0.2) is 30.5 Å². The van der Waals surface area contributed by atoms with E-state index in [2.05, 4.69) is 17.0 Å². The molecule has 0 spiro atoms. The molecule has 1 aromatic carbocycles. The molecule has 3 aromatic rings. The van der Waals surface area contributed by atoms with Crippen LogP contribution < -0.4 is 0 Å². The summed E-state index contributed by atoms with van der Waals surface area (Å²) >= 11 is 6.00. The second kappa shape index (κ2) is 6.97. The number of hydrogen-bond donors (Lipinski definition) is 0. The molecule has 0 fully saturated rings. The molecular weight excluding hydrogens is 362 g/mol. The summed E-state index contributed by atoms with van der Waals surface area (Å²) in [6, 6.07) is 7.82. The minimum Gasteiger partial charge on any atom is -0.442 e. The topological polar surface area (TPSA) is 57.0 Å². The van der Waals surface area contributed by atoms with Gasteiger partial charge in [0, 0.05) is 17.5 Å². The number of nitrogens with zero attached hydrogens (tertiary/aromatic N) is 3. The van der Waals surface area contributed by atoms with Gasteiger partial charge >= 0.3 is 6.09 Å². The predicted molar refractivity (Wildman–Crippen MR) is 108 cm³/mol. The van der Waals surface area contributed by atoms with E-state index >= 15 is 0 Å². The molecule has 2 heterocycles. The van der Waals surface area contributed by atoms with Crippen LogP contribution in [0.25, 0.3) is 10.9 Å². The van der Waals surface area contributed by atoms with Gasteiger partial charge in [-0.2, -0.15) is 9.78 Å². The Balaban J connectivity index is 2.15. The van der Waals surface area contributed by atoms with E-state index in [0.717, 1.165) is 33.3 Å². The third-order valence-electron chi connectivity index (χ3n) is 4.43. The molecule has 3 rings (SSSR count). The maximum absolute atomic E-state index is 12.7. The van der Waals surface area contributed by atoms with E-state index in [0.29, 0.717) is 5.15 Å². The van der Waals surface area contributed by atoms with Crippen molar-refractivity contribution in [2.45, 2.75) is 53.1 Å². The molecule has 27 heavy (non-hydrogen) atoms. The summed E-state index contributed by atoms with van der Waals surface area (Å²) in [5, 5.41) is 6.02. The van der Waals surface area contributed by atoms with Crippen molar-refractivity contribution < 1.29 is 9.53 Å². The van der Waals surface area contributed by atoms with Gasteiger partial charge in [-0.25, -0.2) is 9.78 Å². The fraction of sp³-hybridized carbons (Fsp3) is 0.381. The average Bonchev–Trinajstić information content (AvgIpc) is 2.91. The fourth-order valence-electron chi connectivity index (χ4n) is 3.15. The zero-order valence-corrected chi connectivity index (χ0v) is 17.3. The number of fused-ring (bicyclic) bond motifs is 1. The minimum atomic E-state index is -0.596. The molecule has 0 aliphatic carbocycles. The van der Waals surface area contributed by atoms with E-state index in [1.165, 1.54) is 4.68 Å². The van der Waals surface area contributed by atoms with E-state index in [1.54, 1.807) is 6.20 Å². The van der Waals surface area contributed by atoms with Crippen LogP contribution >= 0.6 is 11.6 Å². The van der Waals surface area contributed by atoms with Crippen LogP contribution in [-0.2, 0) is 4.74 Å². The molecule has 0 bridgehead atoms. The van der Waals surface area contributed by atoms with Gasteiger partial charge in [0.25, 0.3) is 0 Å². The van der Waals surface area contributed by atoms with Gasteiger partial charge in [-0.05, 0) is 63.4 Å². The van der Waals surface area contributed by atoms with Crippen LogP contribution in [0.1, 0.15) is 56.0 Å². The van der Waals surface area contributed by atoms with Gasteiger partial charge in [-0.3, -0.25) is 0 Å². The van der Waals surface area contributed by atoms with Gasteiger partial charge in [-0.1, -0.05) is 30.7 Å². The normalized spacial score (nSPS) is 13.0. The molecule has 5 nitrogen and oxygen atoms in total. The number of carbonyl (C=O) groups excluding carboxylic acids is 1. The van der Waals surface area contributed by atoms with Gasteiger partial charge in [0.15, 0.2) is 0 Å². The molecule has 0 N–H and O–H groups in total. The molecule has 0 saturated carbocycles. The van der Waals surface area contributed by atoms with Gasteiger partial charge < -0.3 is 4.74 Å². The van der Waals surface area contributed by atoms with Crippen molar-refractivity contribution in [1.82, 2.24) is 14.8 Å². The predicted octanol–water partition coefficient (Wildman–Crippen LogP) is 5.64. The summed E-state index contributed by atoms with van der Waals surface area (Å²) in [7, 11) is 0. The van der Waals surface area contributed by atoms with Gasteiger partial charge in [0.05, 0.1) is 11.2 Å². The monoisotopic (exact) mass is 385 g/mol. The lowest BCUT2D eigenvalue weighted by molar-refractivity contribution is 0.0522. The van der Waals surface area contributed by atoms with Crippen molar-refractivity contribution in [2.24, 2.45) is 0 Å². The van der Waals surface area contributed by atoms with Crippen molar-refractivity contribution in [1.29, 1.82) is 0 Å². The van der Waals surface area contributed by atoms with Crippen molar-refractivity contribution in [2.75, 3.05) is 0 Å². The van der Waals surface area contributed by atoms with E-state index in [-0.39, 0.29) is 5.92 Å². The minimum absolute atomic E-state index is 0.0522. The molecule has 1 atom stereocenters. The number of pyridine rings is 1. The van der Waals surface area contributed by atoms with Gasteiger partial charge in [0.2, 0.25) is 0 Å². The van der Waals surface area contributed by atoms with Crippen molar-refractivity contribution in [3.8, 4) is 0 Å². The number of ether oxygens (including phenoxy) is 1. The third-order valence-corrected chi connectivity index (χ3v) is 4.63. The SMILES string of the molecule is Cc1ccc2c(C(C)c3cnc(Cl)cc3C)nn(C(=O)OC(C)(C)C)c2c1. The van der Waals surface area contributed by atoms with Crippen LogP contribution in [0.2, 0.25) is 5.15 Å². The zero-order chi connectivity index (χ0) is 19.9. The molecule has 0 radical (unpaired) electrons. The molecular formula is C21H24ClN3O2. The smallest absolute Gasteiger partial charge is 0.435 e. The standard InChI is InChI=1S/C21H24ClN3O2/c1-12-7-8-15-17(9-12)25(20(26)27-21(4,5)6)24-19(15)14(3)16-11-23-18(22)10-13(16)2/h7-11,14H,1-6H3. The Kier molecular flexibility index (Phi) is 5.00. The second-order valence-electron chi connectivity index (χ2n) is 7.88.